The second-order valence-corrected chi connectivity index (χ2v) is 5.18. The highest BCUT2D eigenvalue weighted by molar-refractivity contribution is 6.34. The Hall–Kier alpha value is -2.04. The van der Waals surface area contributed by atoms with Crippen LogP contribution < -0.4 is 10.6 Å². The summed E-state index contributed by atoms with van der Waals surface area (Å²) in [6.45, 7) is 1.45. The first-order valence-corrected chi connectivity index (χ1v) is 6.85. The minimum atomic E-state index is -0.458. The lowest BCUT2D eigenvalue weighted by atomic mass is 10.1. The molecule has 2 aromatic carbocycles. The highest BCUT2D eigenvalue weighted by atomic mass is 35.5. The average molecular weight is 323 g/mol. The summed E-state index contributed by atoms with van der Waals surface area (Å²) in [4.78, 5) is 23.2. The molecule has 0 aliphatic heterocycles. The van der Waals surface area contributed by atoms with Crippen LogP contribution in [0.1, 0.15) is 17.3 Å². The molecule has 21 heavy (non-hydrogen) atoms. The molecule has 0 atom stereocenters. The lowest BCUT2D eigenvalue weighted by Crippen LogP contribution is -2.19. The quantitative estimate of drug-likeness (QED) is 0.794. The van der Waals surface area contributed by atoms with E-state index in [4.69, 9.17) is 23.2 Å². The molecule has 6 heteroatoms. The Morgan fingerprint density at radius 3 is 2.24 bits per heavy atom. The number of halogens is 2. The molecule has 2 rings (SSSR count). The summed E-state index contributed by atoms with van der Waals surface area (Å²) in [6.07, 6.45) is 0. The molecule has 0 aliphatic carbocycles. The number of hydrogen-bond donors (Lipinski definition) is 2. The zero-order chi connectivity index (χ0) is 15.4. The molecule has 0 radical (unpaired) electrons. The number of urea groups is 1. The number of benzene rings is 2. The SMILES string of the molecule is CC(=O)c1ccc(Cl)c(NC(=O)Nc2ccc(Cl)cc2)c1. The van der Waals surface area contributed by atoms with Gasteiger partial charge in [0.2, 0.25) is 0 Å². The Morgan fingerprint density at radius 2 is 1.62 bits per heavy atom. The molecule has 0 spiro atoms. The molecule has 0 heterocycles. The van der Waals surface area contributed by atoms with Crippen molar-refractivity contribution in [2.24, 2.45) is 0 Å². The average Bonchev–Trinajstić information content (AvgIpc) is 2.43. The van der Waals surface area contributed by atoms with Crippen LogP contribution in [0.2, 0.25) is 10.0 Å². The third-order valence-electron chi connectivity index (χ3n) is 2.72. The number of hydrogen-bond acceptors (Lipinski definition) is 2. The van der Waals surface area contributed by atoms with E-state index < -0.39 is 6.03 Å². The first-order chi connectivity index (χ1) is 9.95. The number of ketones is 1. The van der Waals surface area contributed by atoms with E-state index in [0.717, 1.165) is 0 Å². The minimum absolute atomic E-state index is 0.104. The van der Waals surface area contributed by atoms with Crippen molar-refractivity contribution in [2.75, 3.05) is 10.6 Å². The van der Waals surface area contributed by atoms with Crippen LogP contribution in [0.15, 0.2) is 42.5 Å². The van der Waals surface area contributed by atoms with Gasteiger partial charge < -0.3 is 10.6 Å². The van der Waals surface area contributed by atoms with Crippen molar-refractivity contribution >= 4 is 46.4 Å². The Morgan fingerprint density at radius 1 is 0.952 bits per heavy atom. The van der Waals surface area contributed by atoms with E-state index in [0.29, 0.717) is 27.0 Å². The van der Waals surface area contributed by atoms with Crippen LogP contribution in [0.4, 0.5) is 16.2 Å². The maximum absolute atomic E-state index is 11.9. The molecule has 2 amide bonds. The van der Waals surface area contributed by atoms with Gasteiger partial charge in [-0.2, -0.15) is 0 Å². The van der Waals surface area contributed by atoms with Crippen molar-refractivity contribution in [2.45, 2.75) is 6.92 Å². The van der Waals surface area contributed by atoms with Gasteiger partial charge in [0.25, 0.3) is 0 Å². The monoisotopic (exact) mass is 322 g/mol. The van der Waals surface area contributed by atoms with Gasteiger partial charge in [0.15, 0.2) is 5.78 Å². The van der Waals surface area contributed by atoms with Gasteiger partial charge in [0, 0.05) is 16.3 Å². The lowest BCUT2D eigenvalue weighted by molar-refractivity contribution is 0.101. The topological polar surface area (TPSA) is 58.2 Å². The minimum Gasteiger partial charge on any atom is -0.308 e. The molecular weight excluding hydrogens is 311 g/mol. The van der Waals surface area contributed by atoms with Crippen LogP contribution in [0.3, 0.4) is 0 Å². The van der Waals surface area contributed by atoms with Crippen LogP contribution in [-0.2, 0) is 0 Å². The lowest BCUT2D eigenvalue weighted by Gasteiger charge is -2.10. The number of amides is 2. The molecule has 0 unspecified atom stereocenters. The van der Waals surface area contributed by atoms with Crippen molar-refractivity contribution < 1.29 is 9.59 Å². The molecule has 108 valence electrons. The number of anilines is 2. The van der Waals surface area contributed by atoms with Gasteiger partial charge in [-0.05, 0) is 49.4 Å². The fraction of sp³-hybridized carbons (Fsp3) is 0.0667. The highest BCUT2D eigenvalue weighted by Gasteiger charge is 2.09. The van der Waals surface area contributed by atoms with Crippen molar-refractivity contribution in [3.05, 3.63) is 58.1 Å². The molecule has 0 saturated carbocycles. The number of rotatable bonds is 3. The second kappa shape index (κ2) is 6.61. The van der Waals surface area contributed by atoms with Crippen molar-refractivity contribution in [3.8, 4) is 0 Å². The number of carbonyl (C=O) groups is 2. The van der Waals surface area contributed by atoms with Crippen molar-refractivity contribution in [1.29, 1.82) is 0 Å². The summed E-state index contributed by atoms with van der Waals surface area (Å²) in [7, 11) is 0. The summed E-state index contributed by atoms with van der Waals surface area (Å²) >= 11 is 11.8. The van der Waals surface area contributed by atoms with Crippen LogP contribution >= 0.6 is 23.2 Å². The van der Waals surface area contributed by atoms with E-state index in [1.807, 2.05) is 0 Å². The van der Waals surface area contributed by atoms with E-state index in [9.17, 15) is 9.59 Å². The summed E-state index contributed by atoms with van der Waals surface area (Å²) in [6, 6.07) is 10.9. The highest BCUT2D eigenvalue weighted by Crippen LogP contribution is 2.23. The molecule has 2 aromatic rings. The van der Waals surface area contributed by atoms with Gasteiger partial charge in [0.1, 0.15) is 0 Å². The first kappa shape index (κ1) is 15.4. The van der Waals surface area contributed by atoms with Crippen molar-refractivity contribution in [1.82, 2.24) is 0 Å². The summed E-state index contributed by atoms with van der Waals surface area (Å²) in [5.74, 6) is -0.104. The summed E-state index contributed by atoms with van der Waals surface area (Å²) in [5.41, 5.74) is 1.44. The van der Waals surface area contributed by atoms with Gasteiger partial charge in [-0.3, -0.25) is 4.79 Å². The molecular formula is C15H12Cl2N2O2. The molecule has 0 aromatic heterocycles. The number of Topliss-reactive ketones (excluding diaryl/α,β-unsaturated/α-hetero) is 1. The molecule has 0 fully saturated rings. The number of carbonyl (C=O) groups excluding carboxylic acids is 2. The standard InChI is InChI=1S/C15H12Cl2N2O2/c1-9(20)10-2-7-13(17)14(8-10)19-15(21)18-12-5-3-11(16)4-6-12/h2-8H,1H3,(H2,18,19,21). The summed E-state index contributed by atoms with van der Waals surface area (Å²) < 4.78 is 0. The normalized spacial score (nSPS) is 10.0. The van der Waals surface area contributed by atoms with Gasteiger partial charge in [0.05, 0.1) is 10.7 Å². The molecule has 0 aliphatic rings. The van der Waals surface area contributed by atoms with Gasteiger partial charge in [-0.15, -0.1) is 0 Å². The third kappa shape index (κ3) is 4.21. The van der Waals surface area contributed by atoms with Crippen LogP contribution in [-0.4, -0.2) is 11.8 Å². The van der Waals surface area contributed by atoms with E-state index in [1.165, 1.54) is 13.0 Å². The maximum atomic E-state index is 11.9. The molecule has 0 saturated heterocycles. The summed E-state index contributed by atoms with van der Waals surface area (Å²) in [5, 5.41) is 6.18. The largest absolute Gasteiger partial charge is 0.323 e. The third-order valence-corrected chi connectivity index (χ3v) is 3.30. The van der Waals surface area contributed by atoms with Gasteiger partial charge in [-0.25, -0.2) is 4.79 Å². The van der Waals surface area contributed by atoms with Crippen LogP contribution in [0, 0.1) is 0 Å². The van der Waals surface area contributed by atoms with Crippen LogP contribution in [0.5, 0.6) is 0 Å². The molecule has 0 bridgehead atoms. The smallest absolute Gasteiger partial charge is 0.308 e. The van der Waals surface area contributed by atoms with Gasteiger partial charge >= 0.3 is 6.03 Å². The Balaban J connectivity index is 2.10. The van der Waals surface area contributed by atoms with Crippen molar-refractivity contribution in [3.63, 3.8) is 0 Å². The zero-order valence-electron chi connectivity index (χ0n) is 11.1. The Labute approximate surface area is 132 Å². The Bertz CT molecular complexity index is 685. The first-order valence-electron chi connectivity index (χ1n) is 6.10. The molecule has 4 nitrogen and oxygen atoms in total. The zero-order valence-corrected chi connectivity index (χ0v) is 12.6. The van der Waals surface area contributed by atoms with E-state index in [1.54, 1.807) is 36.4 Å². The van der Waals surface area contributed by atoms with E-state index in [-0.39, 0.29) is 5.78 Å². The van der Waals surface area contributed by atoms with E-state index >= 15 is 0 Å². The van der Waals surface area contributed by atoms with Crippen LogP contribution in [0.25, 0.3) is 0 Å². The van der Waals surface area contributed by atoms with Gasteiger partial charge in [-0.1, -0.05) is 23.2 Å². The second-order valence-electron chi connectivity index (χ2n) is 4.34. The molecule has 2 N–H and O–H groups in total. The fourth-order valence-electron chi connectivity index (χ4n) is 1.66. The number of nitrogens with one attached hydrogen (secondary N) is 2. The fourth-order valence-corrected chi connectivity index (χ4v) is 1.95. The predicted octanol–water partition coefficient (Wildman–Crippen LogP) is 4.84. The van der Waals surface area contributed by atoms with E-state index in [2.05, 4.69) is 10.6 Å². The Kier molecular flexibility index (Phi) is 4.83. The predicted molar refractivity (Wildman–Crippen MR) is 85.5 cm³/mol. The maximum Gasteiger partial charge on any atom is 0.323 e.